The first-order valence-corrected chi connectivity index (χ1v) is 8.29. The molecule has 0 spiro atoms. The zero-order valence-electron chi connectivity index (χ0n) is 13.6. The predicted octanol–water partition coefficient (Wildman–Crippen LogP) is 2.12. The molecular weight excluding hydrogens is 346 g/mol. The summed E-state index contributed by atoms with van der Waals surface area (Å²) >= 11 is 1.03. The number of hydrogen-bond acceptors (Lipinski definition) is 7. The van der Waals surface area contributed by atoms with Crippen LogP contribution in [0.15, 0.2) is 41.3 Å². The van der Waals surface area contributed by atoms with E-state index in [2.05, 4.69) is 6.58 Å². The van der Waals surface area contributed by atoms with Crippen molar-refractivity contribution in [2.45, 2.75) is 24.7 Å². The van der Waals surface area contributed by atoms with Crippen molar-refractivity contribution in [1.82, 2.24) is 4.31 Å². The van der Waals surface area contributed by atoms with E-state index in [9.17, 15) is 19.2 Å². The van der Waals surface area contributed by atoms with E-state index in [1.165, 1.54) is 19.1 Å². The van der Waals surface area contributed by atoms with Gasteiger partial charge in [-0.15, -0.1) is 0 Å². The minimum absolute atomic E-state index is 0.0510. The fourth-order valence-electron chi connectivity index (χ4n) is 1.89. The van der Waals surface area contributed by atoms with Gasteiger partial charge >= 0.3 is 11.9 Å². The number of amides is 2. The van der Waals surface area contributed by atoms with E-state index >= 15 is 0 Å². The fourth-order valence-corrected chi connectivity index (χ4v) is 2.75. The Kier molecular flexibility index (Phi) is 6.35. The highest BCUT2D eigenvalue weighted by molar-refractivity contribution is 7.98. The molecule has 0 saturated carbocycles. The maximum absolute atomic E-state index is 11.9. The van der Waals surface area contributed by atoms with Gasteiger partial charge in [0.05, 0.1) is 5.56 Å². The van der Waals surface area contributed by atoms with Crippen molar-refractivity contribution in [1.29, 1.82) is 0 Å². The molecule has 0 aliphatic carbocycles. The summed E-state index contributed by atoms with van der Waals surface area (Å²) in [6.07, 6.45) is 0.457. The lowest BCUT2D eigenvalue weighted by atomic mass is 10.2. The van der Waals surface area contributed by atoms with Crippen LogP contribution in [0.2, 0.25) is 0 Å². The Morgan fingerprint density at radius 2 is 1.64 bits per heavy atom. The molecule has 2 amide bonds. The Hall–Kier alpha value is -2.61. The molecule has 8 heteroatoms. The highest BCUT2D eigenvalue weighted by atomic mass is 32.2. The fraction of sp³-hybridized carbons (Fsp3) is 0.294. The first-order valence-electron chi connectivity index (χ1n) is 7.52. The van der Waals surface area contributed by atoms with E-state index in [1.807, 2.05) is 0 Å². The summed E-state index contributed by atoms with van der Waals surface area (Å²) in [5.41, 5.74) is 0.587. The molecule has 0 atom stereocenters. The van der Waals surface area contributed by atoms with Gasteiger partial charge in [-0.25, -0.2) is 13.9 Å². The van der Waals surface area contributed by atoms with Crippen molar-refractivity contribution < 1.29 is 28.7 Å². The molecule has 1 aromatic rings. The van der Waals surface area contributed by atoms with Crippen LogP contribution in [0.3, 0.4) is 0 Å². The van der Waals surface area contributed by atoms with Gasteiger partial charge in [-0.3, -0.25) is 9.59 Å². The van der Waals surface area contributed by atoms with Crippen molar-refractivity contribution in [2.24, 2.45) is 0 Å². The van der Waals surface area contributed by atoms with Crippen LogP contribution in [-0.2, 0) is 23.9 Å². The van der Waals surface area contributed by atoms with Crippen molar-refractivity contribution in [2.75, 3.05) is 13.2 Å². The molecule has 0 radical (unpaired) electrons. The summed E-state index contributed by atoms with van der Waals surface area (Å²) in [5.74, 6) is -1.54. The summed E-state index contributed by atoms with van der Waals surface area (Å²) < 4.78 is 10.9. The van der Waals surface area contributed by atoms with Gasteiger partial charge in [0, 0.05) is 23.3 Å². The molecule has 1 heterocycles. The number of carbonyl (C=O) groups excluding carboxylic acids is 4. The molecule has 25 heavy (non-hydrogen) atoms. The Balaban J connectivity index is 1.82. The maximum atomic E-state index is 11.9. The summed E-state index contributed by atoms with van der Waals surface area (Å²) in [4.78, 5) is 46.8. The van der Waals surface area contributed by atoms with Crippen LogP contribution in [0, 0.1) is 0 Å². The van der Waals surface area contributed by atoms with Crippen LogP contribution in [0.25, 0.3) is 0 Å². The summed E-state index contributed by atoms with van der Waals surface area (Å²) in [5, 5.41) is 0. The topological polar surface area (TPSA) is 90.0 Å². The third-order valence-electron chi connectivity index (χ3n) is 3.19. The predicted molar refractivity (Wildman–Crippen MR) is 89.4 cm³/mol. The lowest BCUT2D eigenvalue weighted by Crippen LogP contribution is -2.20. The molecule has 0 unspecified atom stereocenters. The van der Waals surface area contributed by atoms with Crippen LogP contribution in [0.4, 0.5) is 0 Å². The van der Waals surface area contributed by atoms with Gasteiger partial charge in [-0.1, -0.05) is 6.58 Å². The summed E-state index contributed by atoms with van der Waals surface area (Å²) in [6, 6.07) is 6.33. The first kappa shape index (κ1) is 18.7. The lowest BCUT2D eigenvalue weighted by molar-refractivity contribution is -0.140. The van der Waals surface area contributed by atoms with E-state index in [0.29, 0.717) is 10.5 Å². The number of rotatable bonds is 7. The van der Waals surface area contributed by atoms with E-state index in [0.717, 1.165) is 16.3 Å². The van der Waals surface area contributed by atoms with Crippen LogP contribution < -0.4 is 0 Å². The van der Waals surface area contributed by atoms with Crippen LogP contribution >= 0.6 is 11.9 Å². The minimum atomic E-state index is -0.559. The molecule has 0 N–H and O–H groups in total. The number of imide groups is 1. The van der Waals surface area contributed by atoms with Crippen molar-refractivity contribution in [3.05, 3.63) is 42.0 Å². The van der Waals surface area contributed by atoms with E-state index in [1.54, 1.807) is 12.1 Å². The highest BCUT2D eigenvalue weighted by Gasteiger charge is 2.30. The Labute approximate surface area is 149 Å². The summed E-state index contributed by atoms with van der Waals surface area (Å²) in [6.45, 7) is 4.85. The van der Waals surface area contributed by atoms with Gasteiger partial charge in [0.2, 0.25) is 11.8 Å². The lowest BCUT2D eigenvalue weighted by Gasteiger charge is -2.12. The van der Waals surface area contributed by atoms with E-state index in [-0.39, 0.29) is 43.4 Å². The quantitative estimate of drug-likeness (QED) is 0.241. The van der Waals surface area contributed by atoms with Crippen LogP contribution in [0.5, 0.6) is 0 Å². The SMILES string of the molecule is C=C(C)C(=O)OCCOC(=O)c1ccc(SN2C(=O)CCC2=O)cc1. The number of benzene rings is 1. The van der Waals surface area contributed by atoms with Gasteiger partial charge in [0.25, 0.3) is 0 Å². The monoisotopic (exact) mass is 363 g/mol. The number of ether oxygens (including phenoxy) is 2. The number of esters is 2. The van der Waals surface area contributed by atoms with Gasteiger partial charge in [0.1, 0.15) is 13.2 Å². The third-order valence-corrected chi connectivity index (χ3v) is 4.26. The van der Waals surface area contributed by atoms with Crippen molar-refractivity contribution in [3.63, 3.8) is 0 Å². The molecule has 1 saturated heterocycles. The Morgan fingerprint density at radius 1 is 1.08 bits per heavy atom. The second-order valence-corrected chi connectivity index (χ2v) is 6.27. The smallest absolute Gasteiger partial charge is 0.338 e. The van der Waals surface area contributed by atoms with Crippen molar-refractivity contribution in [3.8, 4) is 0 Å². The number of carbonyl (C=O) groups is 4. The number of hydrogen-bond donors (Lipinski definition) is 0. The zero-order valence-corrected chi connectivity index (χ0v) is 14.5. The average molecular weight is 363 g/mol. The third kappa shape index (κ3) is 5.18. The minimum Gasteiger partial charge on any atom is -0.459 e. The molecule has 1 aliphatic heterocycles. The molecule has 0 bridgehead atoms. The summed E-state index contributed by atoms with van der Waals surface area (Å²) in [7, 11) is 0. The van der Waals surface area contributed by atoms with Gasteiger partial charge in [-0.2, -0.15) is 0 Å². The van der Waals surface area contributed by atoms with E-state index in [4.69, 9.17) is 9.47 Å². The Bertz CT molecular complexity index is 696. The van der Waals surface area contributed by atoms with Crippen molar-refractivity contribution >= 4 is 35.7 Å². The van der Waals surface area contributed by atoms with Crippen LogP contribution in [0.1, 0.15) is 30.1 Å². The second kappa shape index (κ2) is 8.48. The second-order valence-electron chi connectivity index (χ2n) is 5.25. The van der Waals surface area contributed by atoms with Gasteiger partial charge in [-0.05, 0) is 43.1 Å². The maximum Gasteiger partial charge on any atom is 0.338 e. The Morgan fingerprint density at radius 3 is 2.20 bits per heavy atom. The molecule has 1 aromatic carbocycles. The largest absolute Gasteiger partial charge is 0.459 e. The van der Waals surface area contributed by atoms with Gasteiger partial charge in [0.15, 0.2) is 0 Å². The van der Waals surface area contributed by atoms with Gasteiger partial charge < -0.3 is 9.47 Å². The van der Waals surface area contributed by atoms with Crippen LogP contribution in [-0.4, -0.2) is 41.3 Å². The highest BCUT2D eigenvalue weighted by Crippen LogP contribution is 2.28. The zero-order chi connectivity index (χ0) is 18.4. The molecule has 0 aromatic heterocycles. The van der Waals surface area contributed by atoms with E-state index < -0.39 is 11.9 Å². The molecule has 2 rings (SSSR count). The molecule has 132 valence electrons. The molecule has 7 nitrogen and oxygen atoms in total. The first-order chi connectivity index (χ1) is 11.9. The normalized spacial score (nSPS) is 13.7. The molecule has 1 aliphatic rings. The standard InChI is InChI=1S/C17H17NO6S/c1-11(2)16(21)23-9-10-24-17(22)12-3-5-13(6-4-12)25-18-14(19)7-8-15(18)20/h3-6H,1,7-10H2,2H3. The number of nitrogens with zero attached hydrogens (tertiary/aromatic N) is 1. The average Bonchev–Trinajstić information content (AvgIpc) is 2.90. The molecular formula is C17H17NO6S. The molecule has 1 fully saturated rings.